The molecule has 2 aromatic carbocycles. The van der Waals surface area contributed by atoms with Crippen molar-refractivity contribution < 1.29 is 18.6 Å². The highest BCUT2D eigenvalue weighted by molar-refractivity contribution is 5.47. The summed E-state index contributed by atoms with van der Waals surface area (Å²) in [6.45, 7) is -3.13. The molecule has 2 rings (SSSR count). The van der Waals surface area contributed by atoms with Gasteiger partial charge >= 0.3 is 6.61 Å². The minimum Gasteiger partial charge on any atom is -0.434 e. The number of aliphatic hydroxyl groups is 1. The van der Waals surface area contributed by atoms with Crippen molar-refractivity contribution in [1.29, 1.82) is 0 Å². The first-order valence-electron chi connectivity index (χ1n) is 6.17. The quantitative estimate of drug-likeness (QED) is 0.851. The summed E-state index contributed by atoms with van der Waals surface area (Å²) in [4.78, 5) is 0. The van der Waals surface area contributed by atoms with Gasteiger partial charge in [0.2, 0.25) is 0 Å². The van der Waals surface area contributed by atoms with Crippen LogP contribution >= 0.6 is 0 Å². The average Bonchev–Trinajstić information content (AvgIpc) is 2.46. The lowest BCUT2D eigenvalue weighted by molar-refractivity contribution is -0.0507. The number of aliphatic hydroxyl groups excluding tert-OH is 1. The molecule has 0 radical (unpaired) electrons. The minimum atomic E-state index is -2.90. The summed E-state index contributed by atoms with van der Waals surface area (Å²) in [6.07, 6.45) is 0. The van der Waals surface area contributed by atoms with E-state index in [1.54, 1.807) is 18.2 Å². The van der Waals surface area contributed by atoms with Crippen molar-refractivity contribution in [3.05, 3.63) is 60.2 Å². The molecule has 0 bridgehead atoms. The van der Waals surface area contributed by atoms with Crippen LogP contribution in [0, 0.1) is 0 Å². The van der Waals surface area contributed by atoms with Crippen LogP contribution in [0.5, 0.6) is 5.75 Å². The summed E-state index contributed by atoms with van der Waals surface area (Å²) in [7, 11) is 0. The normalized spacial score (nSPS) is 12.2. The van der Waals surface area contributed by atoms with E-state index in [1.807, 2.05) is 30.3 Å². The number of para-hydroxylation sites is 2. The van der Waals surface area contributed by atoms with Gasteiger partial charge in [0.15, 0.2) is 0 Å². The number of hydrogen-bond acceptors (Lipinski definition) is 3. The molecule has 2 N–H and O–H groups in total. The number of anilines is 1. The van der Waals surface area contributed by atoms with Gasteiger partial charge in [-0.2, -0.15) is 8.78 Å². The van der Waals surface area contributed by atoms with Crippen LogP contribution in [0.3, 0.4) is 0 Å². The SMILES string of the molecule is OCC(Nc1ccccc1)c1ccccc1OC(F)F. The summed E-state index contributed by atoms with van der Waals surface area (Å²) in [5.74, 6) is 0.0602. The molecule has 0 aliphatic heterocycles. The largest absolute Gasteiger partial charge is 0.434 e. The molecule has 5 heteroatoms. The van der Waals surface area contributed by atoms with Crippen molar-refractivity contribution in [2.24, 2.45) is 0 Å². The van der Waals surface area contributed by atoms with Crippen LogP contribution in [0.4, 0.5) is 14.5 Å². The van der Waals surface area contributed by atoms with Crippen molar-refractivity contribution in [3.63, 3.8) is 0 Å². The Balaban J connectivity index is 2.23. The maximum absolute atomic E-state index is 12.4. The predicted octanol–water partition coefficient (Wildman–Crippen LogP) is 3.43. The van der Waals surface area contributed by atoms with E-state index in [9.17, 15) is 13.9 Å². The Morgan fingerprint density at radius 3 is 2.30 bits per heavy atom. The maximum Gasteiger partial charge on any atom is 0.387 e. The van der Waals surface area contributed by atoms with Crippen molar-refractivity contribution >= 4 is 5.69 Å². The van der Waals surface area contributed by atoms with E-state index >= 15 is 0 Å². The molecular formula is C15H15F2NO2. The number of ether oxygens (including phenoxy) is 1. The van der Waals surface area contributed by atoms with Crippen LogP contribution in [-0.4, -0.2) is 18.3 Å². The van der Waals surface area contributed by atoms with Gasteiger partial charge in [-0.1, -0.05) is 36.4 Å². The molecule has 0 fully saturated rings. The standard InChI is InChI=1S/C15H15F2NO2/c16-15(17)20-14-9-5-4-8-12(14)13(10-19)18-11-6-2-1-3-7-11/h1-9,13,15,18-19H,10H2. The van der Waals surface area contributed by atoms with Gasteiger partial charge in [0.05, 0.1) is 12.6 Å². The van der Waals surface area contributed by atoms with E-state index in [4.69, 9.17) is 0 Å². The monoisotopic (exact) mass is 279 g/mol. The number of alkyl halides is 2. The fourth-order valence-corrected chi connectivity index (χ4v) is 1.93. The maximum atomic E-state index is 12.4. The molecular weight excluding hydrogens is 264 g/mol. The van der Waals surface area contributed by atoms with E-state index < -0.39 is 12.7 Å². The van der Waals surface area contributed by atoms with E-state index in [1.165, 1.54) is 6.07 Å². The molecule has 0 heterocycles. The molecule has 0 saturated heterocycles. The molecule has 0 aromatic heterocycles. The second-order valence-electron chi connectivity index (χ2n) is 4.16. The van der Waals surface area contributed by atoms with Crippen LogP contribution in [0.25, 0.3) is 0 Å². The topological polar surface area (TPSA) is 41.5 Å². The van der Waals surface area contributed by atoms with Crippen LogP contribution in [0.2, 0.25) is 0 Å². The summed E-state index contributed by atoms with van der Waals surface area (Å²) < 4.78 is 29.3. The van der Waals surface area contributed by atoms with Crippen molar-refractivity contribution in [1.82, 2.24) is 0 Å². The highest BCUT2D eigenvalue weighted by Crippen LogP contribution is 2.28. The van der Waals surface area contributed by atoms with Gasteiger partial charge in [-0.15, -0.1) is 0 Å². The van der Waals surface area contributed by atoms with Crippen molar-refractivity contribution in [2.75, 3.05) is 11.9 Å². The number of halogens is 2. The van der Waals surface area contributed by atoms with Gasteiger partial charge < -0.3 is 15.2 Å². The highest BCUT2D eigenvalue weighted by Gasteiger charge is 2.17. The molecule has 3 nitrogen and oxygen atoms in total. The molecule has 0 aliphatic carbocycles. The molecule has 0 amide bonds. The minimum absolute atomic E-state index is 0.0602. The third-order valence-corrected chi connectivity index (χ3v) is 2.81. The Bertz CT molecular complexity index is 534. The Morgan fingerprint density at radius 2 is 1.65 bits per heavy atom. The first-order valence-corrected chi connectivity index (χ1v) is 6.17. The van der Waals surface area contributed by atoms with Gasteiger partial charge in [0, 0.05) is 11.3 Å². The van der Waals surface area contributed by atoms with Gasteiger partial charge in [-0.05, 0) is 18.2 Å². The van der Waals surface area contributed by atoms with Crippen LogP contribution < -0.4 is 10.1 Å². The lowest BCUT2D eigenvalue weighted by Crippen LogP contribution is -2.17. The van der Waals surface area contributed by atoms with Crippen LogP contribution in [0.1, 0.15) is 11.6 Å². The molecule has 20 heavy (non-hydrogen) atoms. The summed E-state index contributed by atoms with van der Waals surface area (Å²) >= 11 is 0. The lowest BCUT2D eigenvalue weighted by atomic mass is 10.1. The fourth-order valence-electron chi connectivity index (χ4n) is 1.93. The molecule has 0 spiro atoms. The Kier molecular flexibility index (Phi) is 4.90. The Labute approximate surface area is 115 Å². The fraction of sp³-hybridized carbons (Fsp3) is 0.200. The smallest absolute Gasteiger partial charge is 0.387 e. The number of nitrogens with one attached hydrogen (secondary N) is 1. The van der Waals surface area contributed by atoms with E-state index in [2.05, 4.69) is 10.1 Å². The second kappa shape index (κ2) is 6.86. The van der Waals surface area contributed by atoms with E-state index in [0.717, 1.165) is 5.69 Å². The third kappa shape index (κ3) is 3.68. The Morgan fingerprint density at radius 1 is 1.00 bits per heavy atom. The van der Waals surface area contributed by atoms with Gasteiger partial charge in [0.25, 0.3) is 0 Å². The van der Waals surface area contributed by atoms with Gasteiger partial charge in [0.1, 0.15) is 5.75 Å². The van der Waals surface area contributed by atoms with Gasteiger partial charge in [-0.25, -0.2) is 0 Å². The first kappa shape index (κ1) is 14.3. The third-order valence-electron chi connectivity index (χ3n) is 2.81. The molecule has 0 saturated carbocycles. The second-order valence-corrected chi connectivity index (χ2v) is 4.16. The summed E-state index contributed by atoms with van der Waals surface area (Å²) in [5, 5.41) is 12.6. The lowest BCUT2D eigenvalue weighted by Gasteiger charge is -2.20. The van der Waals surface area contributed by atoms with Crippen molar-refractivity contribution in [2.45, 2.75) is 12.7 Å². The first-order chi connectivity index (χ1) is 9.70. The van der Waals surface area contributed by atoms with Crippen LogP contribution in [0.15, 0.2) is 54.6 Å². The number of benzene rings is 2. The zero-order chi connectivity index (χ0) is 14.4. The zero-order valence-corrected chi connectivity index (χ0v) is 10.7. The molecule has 2 aromatic rings. The molecule has 106 valence electrons. The zero-order valence-electron chi connectivity index (χ0n) is 10.7. The average molecular weight is 279 g/mol. The molecule has 1 atom stereocenters. The Hall–Kier alpha value is -2.14. The highest BCUT2D eigenvalue weighted by atomic mass is 19.3. The molecule has 0 aliphatic rings. The summed E-state index contributed by atoms with van der Waals surface area (Å²) in [5.41, 5.74) is 1.28. The number of hydrogen-bond donors (Lipinski definition) is 2. The molecule has 1 unspecified atom stereocenters. The number of rotatable bonds is 6. The summed E-state index contributed by atoms with van der Waals surface area (Å²) in [6, 6.07) is 15.1. The van der Waals surface area contributed by atoms with Crippen molar-refractivity contribution in [3.8, 4) is 5.75 Å². The predicted molar refractivity (Wildman–Crippen MR) is 73.0 cm³/mol. The van der Waals surface area contributed by atoms with E-state index in [-0.39, 0.29) is 12.4 Å². The van der Waals surface area contributed by atoms with E-state index in [0.29, 0.717) is 5.56 Å². The van der Waals surface area contributed by atoms with Gasteiger partial charge in [-0.3, -0.25) is 0 Å². The van der Waals surface area contributed by atoms with Crippen LogP contribution in [-0.2, 0) is 0 Å².